The second-order valence-electron chi connectivity index (χ2n) is 7.52. The lowest BCUT2D eigenvalue weighted by atomic mass is 9.96. The molecule has 1 fully saturated rings. The van der Waals surface area contributed by atoms with Crippen LogP contribution in [0.5, 0.6) is 0 Å². The van der Waals surface area contributed by atoms with Crippen molar-refractivity contribution in [3.8, 4) is 0 Å². The second kappa shape index (κ2) is 8.45. The molecule has 2 aromatic rings. The van der Waals surface area contributed by atoms with Crippen molar-refractivity contribution >= 4 is 15.9 Å². The number of sulfonamides is 1. The molecule has 28 heavy (non-hydrogen) atoms. The highest BCUT2D eigenvalue weighted by atomic mass is 32.2. The summed E-state index contributed by atoms with van der Waals surface area (Å²) in [4.78, 5) is 14.5. The van der Waals surface area contributed by atoms with Gasteiger partial charge < -0.3 is 4.90 Å². The number of rotatable bonds is 6. The first-order valence-corrected chi connectivity index (χ1v) is 11.0. The van der Waals surface area contributed by atoms with E-state index in [0.29, 0.717) is 12.1 Å². The molecule has 1 heterocycles. The molecule has 152 valence electrons. The molecule has 1 aliphatic rings. The second-order valence-corrected chi connectivity index (χ2v) is 9.52. The smallest absolute Gasteiger partial charge is 0.253 e. The molecule has 0 unspecified atom stereocenters. The third-order valence-electron chi connectivity index (χ3n) is 5.37. The molecular formula is C20H28N4O3S. The van der Waals surface area contributed by atoms with Crippen LogP contribution in [-0.2, 0) is 23.6 Å². The van der Waals surface area contributed by atoms with Crippen molar-refractivity contribution in [1.82, 2.24) is 19.0 Å². The van der Waals surface area contributed by atoms with Crippen LogP contribution in [0.25, 0.3) is 0 Å². The molecule has 7 nitrogen and oxygen atoms in total. The molecule has 3 rings (SSSR count). The van der Waals surface area contributed by atoms with E-state index in [1.54, 1.807) is 48.1 Å². The average molecular weight is 405 g/mol. The molecule has 1 amide bonds. The van der Waals surface area contributed by atoms with Crippen molar-refractivity contribution in [2.75, 3.05) is 14.1 Å². The summed E-state index contributed by atoms with van der Waals surface area (Å²) in [5.41, 5.74) is 1.28. The molecule has 0 aliphatic heterocycles. The van der Waals surface area contributed by atoms with Gasteiger partial charge in [0.25, 0.3) is 5.91 Å². The molecule has 1 aliphatic carbocycles. The molecule has 0 saturated heterocycles. The van der Waals surface area contributed by atoms with Gasteiger partial charge in [-0.2, -0.15) is 9.40 Å². The number of aromatic nitrogens is 2. The van der Waals surface area contributed by atoms with E-state index in [9.17, 15) is 13.2 Å². The Morgan fingerprint density at radius 3 is 2.57 bits per heavy atom. The van der Waals surface area contributed by atoms with Gasteiger partial charge in [0.15, 0.2) is 0 Å². The number of amides is 1. The number of hydrogen-bond donors (Lipinski definition) is 0. The van der Waals surface area contributed by atoms with Crippen molar-refractivity contribution < 1.29 is 13.2 Å². The molecule has 0 radical (unpaired) electrons. The minimum Gasteiger partial charge on any atom is -0.337 e. The monoisotopic (exact) mass is 404 g/mol. The molecular weight excluding hydrogens is 376 g/mol. The maximum absolute atomic E-state index is 13.1. The van der Waals surface area contributed by atoms with Crippen LogP contribution in [-0.4, -0.2) is 53.4 Å². The standard InChI is InChI=1S/C20H28N4O3S/c1-22(14-16-13-21-23(2)15-16)20(25)17-8-7-11-19(12-17)28(26,27)24(3)18-9-5-4-6-10-18/h7-8,11-13,15,18H,4-6,9-10,14H2,1-3H3. The van der Waals surface area contributed by atoms with Crippen LogP contribution in [0.15, 0.2) is 41.6 Å². The highest BCUT2D eigenvalue weighted by Crippen LogP contribution is 2.27. The summed E-state index contributed by atoms with van der Waals surface area (Å²) in [6.45, 7) is 0.408. The average Bonchev–Trinajstić information content (AvgIpc) is 3.12. The third-order valence-corrected chi connectivity index (χ3v) is 7.28. The zero-order valence-electron chi connectivity index (χ0n) is 16.7. The molecule has 0 bridgehead atoms. The zero-order chi connectivity index (χ0) is 20.3. The van der Waals surface area contributed by atoms with Gasteiger partial charge in [-0.3, -0.25) is 9.48 Å². The lowest BCUT2D eigenvalue weighted by Crippen LogP contribution is -2.38. The predicted molar refractivity (Wildman–Crippen MR) is 107 cm³/mol. The largest absolute Gasteiger partial charge is 0.337 e. The Labute approximate surface area is 167 Å². The fourth-order valence-corrected chi connectivity index (χ4v) is 5.18. The molecule has 8 heteroatoms. The van der Waals surface area contributed by atoms with Gasteiger partial charge in [0, 0.05) is 51.1 Å². The molecule has 0 spiro atoms. The van der Waals surface area contributed by atoms with E-state index in [1.165, 1.54) is 10.4 Å². The Morgan fingerprint density at radius 2 is 1.93 bits per heavy atom. The van der Waals surface area contributed by atoms with Gasteiger partial charge in [-0.15, -0.1) is 0 Å². The normalized spacial score (nSPS) is 15.7. The number of hydrogen-bond acceptors (Lipinski definition) is 4. The van der Waals surface area contributed by atoms with Crippen LogP contribution in [0.1, 0.15) is 48.0 Å². The van der Waals surface area contributed by atoms with Crippen molar-refractivity contribution in [3.63, 3.8) is 0 Å². The minimum atomic E-state index is -3.63. The summed E-state index contributed by atoms with van der Waals surface area (Å²) in [7, 11) is 1.54. The maximum atomic E-state index is 13.1. The number of nitrogens with zero attached hydrogens (tertiary/aromatic N) is 4. The van der Waals surface area contributed by atoms with E-state index < -0.39 is 10.0 Å². The fraction of sp³-hybridized carbons (Fsp3) is 0.500. The summed E-state index contributed by atoms with van der Waals surface area (Å²) in [6, 6.07) is 6.36. The Bertz CT molecular complexity index is 932. The summed E-state index contributed by atoms with van der Waals surface area (Å²) < 4.78 is 29.3. The van der Waals surface area contributed by atoms with E-state index in [1.807, 2.05) is 13.2 Å². The Kier molecular flexibility index (Phi) is 6.20. The predicted octanol–water partition coefficient (Wildman–Crippen LogP) is 2.65. The number of carbonyl (C=O) groups excluding carboxylic acids is 1. The topological polar surface area (TPSA) is 75.5 Å². The van der Waals surface area contributed by atoms with Crippen molar-refractivity contribution in [2.24, 2.45) is 7.05 Å². The van der Waals surface area contributed by atoms with Crippen LogP contribution in [0, 0.1) is 0 Å². The van der Waals surface area contributed by atoms with Gasteiger partial charge in [0.2, 0.25) is 10.0 Å². The van der Waals surface area contributed by atoms with E-state index in [4.69, 9.17) is 0 Å². The van der Waals surface area contributed by atoms with Gasteiger partial charge in [-0.25, -0.2) is 8.42 Å². The Hall–Kier alpha value is -2.19. The Balaban J connectivity index is 1.77. The summed E-state index contributed by atoms with van der Waals surface area (Å²) in [5.74, 6) is -0.221. The van der Waals surface area contributed by atoms with Crippen LogP contribution in [0.2, 0.25) is 0 Å². The van der Waals surface area contributed by atoms with E-state index in [2.05, 4.69) is 5.10 Å². The highest BCUT2D eigenvalue weighted by Gasteiger charge is 2.29. The maximum Gasteiger partial charge on any atom is 0.253 e. The van der Waals surface area contributed by atoms with Gasteiger partial charge in [-0.1, -0.05) is 25.3 Å². The SMILES string of the molecule is CN(Cc1cnn(C)c1)C(=O)c1cccc(S(=O)(=O)N(C)C2CCCCC2)c1. The molecule has 0 N–H and O–H groups in total. The van der Waals surface area contributed by atoms with Crippen molar-refractivity contribution in [3.05, 3.63) is 47.8 Å². The van der Waals surface area contributed by atoms with Crippen molar-refractivity contribution in [2.45, 2.75) is 49.6 Å². The van der Waals surface area contributed by atoms with E-state index in [-0.39, 0.29) is 16.8 Å². The number of aryl methyl sites for hydroxylation is 1. The molecule has 1 saturated carbocycles. The number of carbonyl (C=O) groups is 1. The van der Waals surface area contributed by atoms with E-state index >= 15 is 0 Å². The quantitative estimate of drug-likeness (QED) is 0.742. The van der Waals surface area contributed by atoms with E-state index in [0.717, 1.165) is 37.7 Å². The van der Waals surface area contributed by atoms with Crippen LogP contribution in [0.4, 0.5) is 0 Å². The van der Waals surface area contributed by atoms with Crippen LogP contribution in [0.3, 0.4) is 0 Å². The van der Waals surface area contributed by atoms with Crippen LogP contribution >= 0.6 is 0 Å². The molecule has 0 atom stereocenters. The fourth-order valence-electron chi connectivity index (χ4n) is 3.72. The zero-order valence-corrected chi connectivity index (χ0v) is 17.5. The minimum absolute atomic E-state index is 0.0337. The highest BCUT2D eigenvalue weighted by molar-refractivity contribution is 7.89. The van der Waals surface area contributed by atoms with Crippen LogP contribution < -0.4 is 0 Å². The third kappa shape index (κ3) is 4.44. The van der Waals surface area contributed by atoms with Gasteiger partial charge in [-0.05, 0) is 31.0 Å². The summed E-state index contributed by atoms with van der Waals surface area (Å²) in [5, 5.41) is 4.11. The van der Waals surface area contributed by atoms with Gasteiger partial charge in [0.1, 0.15) is 0 Å². The summed E-state index contributed by atoms with van der Waals surface area (Å²) >= 11 is 0. The van der Waals surface area contributed by atoms with Gasteiger partial charge in [0.05, 0.1) is 11.1 Å². The lowest BCUT2D eigenvalue weighted by Gasteiger charge is -2.30. The first-order valence-electron chi connectivity index (χ1n) is 9.60. The first kappa shape index (κ1) is 20.5. The summed E-state index contributed by atoms with van der Waals surface area (Å²) in [6.07, 6.45) is 8.63. The van der Waals surface area contributed by atoms with Gasteiger partial charge >= 0.3 is 0 Å². The lowest BCUT2D eigenvalue weighted by molar-refractivity contribution is 0.0785. The van der Waals surface area contributed by atoms with Crippen molar-refractivity contribution in [1.29, 1.82) is 0 Å². The molecule has 1 aromatic carbocycles. The molecule has 1 aromatic heterocycles. The number of benzene rings is 1. The Morgan fingerprint density at radius 1 is 1.21 bits per heavy atom. The first-order chi connectivity index (χ1) is 13.3.